The Bertz CT molecular complexity index is 362. The summed E-state index contributed by atoms with van der Waals surface area (Å²) in [6, 6.07) is 0. The Morgan fingerprint density at radius 2 is 2.21 bits per heavy atom. The van der Waals surface area contributed by atoms with Crippen molar-refractivity contribution in [2.45, 2.75) is 6.17 Å². The summed E-state index contributed by atoms with van der Waals surface area (Å²) in [5.74, 6) is -4.28. The summed E-state index contributed by atoms with van der Waals surface area (Å²) >= 11 is 0. The first-order valence-electron chi connectivity index (χ1n) is 3.74. The molecule has 1 radical (unpaired) electrons. The molecule has 0 fully saturated rings. The molecule has 0 N–H and O–H groups in total. The quantitative estimate of drug-likeness (QED) is 0.557. The maximum Gasteiger partial charge on any atom is 0.173 e. The number of allylic oxidation sites excluding steroid dienone is 3. The first kappa shape index (κ1) is 9.23. The second-order valence-corrected chi connectivity index (χ2v) is 3.00. The van der Waals surface area contributed by atoms with Crippen LogP contribution in [0.4, 0.5) is 17.6 Å². The Kier molecular flexibility index (Phi) is 1.87. The fourth-order valence-electron chi connectivity index (χ4n) is 1.34. The second kappa shape index (κ2) is 2.83. The Morgan fingerprint density at radius 1 is 1.50 bits per heavy atom. The van der Waals surface area contributed by atoms with Crippen molar-refractivity contribution in [1.29, 1.82) is 0 Å². The fraction of sp³-hybridized carbons (Fsp3) is 0.375. The highest BCUT2D eigenvalue weighted by molar-refractivity contribution is 5.74. The summed E-state index contributed by atoms with van der Waals surface area (Å²) in [4.78, 5) is 4.31. The van der Waals surface area contributed by atoms with Gasteiger partial charge in [0, 0.05) is 6.08 Å². The van der Waals surface area contributed by atoms with E-state index in [4.69, 9.17) is 0 Å². The van der Waals surface area contributed by atoms with Gasteiger partial charge in [-0.05, 0) is 0 Å². The molecule has 2 rings (SSSR count). The first-order chi connectivity index (χ1) is 6.58. The Balaban J connectivity index is 2.52. The van der Waals surface area contributed by atoms with Crippen LogP contribution in [0.1, 0.15) is 0 Å². The molecule has 0 saturated carbocycles. The molecule has 14 heavy (non-hydrogen) atoms. The molecule has 1 heterocycles. The van der Waals surface area contributed by atoms with Gasteiger partial charge in [-0.15, -0.1) is 0 Å². The molecule has 1 spiro atoms. The van der Waals surface area contributed by atoms with E-state index in [0.29, 0.717) is 0 Å². The number of halogens is 4. The van der Waals surface area contributed by atoms with Gasteiger partial charge >= 0.3 is 0 Å². The largest absolute Gasteiger partial charge is 0.394 e. The van der Waals surface area contributed by atoms with Crippen molar-refractivity contribution in [1.82, 2.24) is 0 Å². The fourth-order valence-corrected chi connectivity index (χ4v) is 1.34. The summed E-state index contributed by atoms with van der Waals surface area (Å²) in [5, 5.41) is 3.01. The maximum atomic E-state index is 13.3. The normalized spacial score (nSPS) is 36.3. The average Bonchev–Trinajstić information content (AvgIpc) is 2.63. The minimum absolute atomic E-state index is 0.172. The number of hydrogen-bond acceptors (Lipinski definition) is 2. The lowest BCUT2D eigenvalue weighted by atomic mass is 9.80. The summed E-state index contributed by atoms with van der Waals surface area (Å²) < 4.78 is 52.1. The molecule has 0 aromatic rings. The van der Waals surface area contributed by atoms with Gasteiger partial charge in [-0.3, -0.25) is 0 Å². The van der Waals surface area contributed by atoms with Crippen LogP contribution in [0.5, 0.6) is 0 Å². The molecular formula is C8H4F4NO. The molecule has 2 aliphatic rings. The highest BCUT2D eigenvalue weighted by Gasteiger charge is 2.53. The predicted molar refractivity (Wildman–Crippen MR) is 39.1 cm³/mol. The minimum atomic E-state index is -2.34. The van der Waals surface area contributed by atoms with Gasteiger partial charge in [-0.1, -0.05) is 5.16 Å². The molecule has 0 bridgehead atoms. The van der Waals surface area contributed by atoms with Crippen molar-refractivity contribution in [3.63, 3.8) is 0 Å². The molecule has 0 amide bonds. The summed E-state index contributed by atoms with van der Waals surface area (Å²) in [7, 11) is 0. The van der Waals surface area contributed by atoms with E-state index in [1.54, 1.807) is 0 Å². The Morgan fingerprint density at radius 3 is 2.79 bits per heavy atom. The molecule has 75 valence electrons. The van der Waals surface area contributed by atoms with Crippen molar-refractivity contribution < 1.29 is 22.4 Å². The molecule has 6 heteroatoms. The van der Waals surface area contributed by atoms with Gasteiger partial charge in [-0.2, -0.15) is 0 Å². The van der Waals surface area contributed by atoms with Crippen LogP contribution >= 0.6 is 0 Å². The van der Waals surface area contributed by atoms with Crippen LogP contribution in [-0.4, -0.2) is 19.0 Å². The van der Waals surface area contributed by atoms with Gasteiger partial charge in [0.15, 0.2) is 17.8 Å². The lowest BCUT2D eigenvalue weighted by Crippen LogP contribution is -2.38. The Labute approximate surface area is 76.5 Å². The number of rotatable bonds is 0. The SMILES string of the molecule is FC1=CC(F)=C(F)C2([C]=NOC2)C1F. The topological polar surface area (TPSA) is 21.6 Å². The first-order valence-corrected chi connectivity index (χ1v) is 3.74. The van der Waals surface area contributed by atoms with E-state index in [2.05, 4.69) is 9.99 Å². The third-order valence-corrected chi connectivity index (χ3v) is 2.14. The van der Waals surface area contributed by atoms with E-state index in [9.17, 15) is 17.6 Å². The van der Waals surface area contributed by atoms with Crippen LogP contribution in [0, 0.1) is 5.41 Å². The lowest BCUT2D eigenvalue weighted by Gasteiger charge is -2.27. The minimum Gasteiger partial charge on any atom is -0.394 e. The van der Waals surface area contributed by atoms with E-state index in [1.807, 2.05) is 6.21 Å². The van der Waals surface area contributed by atoms with E-state index >= 15 is 0 Å². The number of alkyl halides is 1. The van der Waals surface area contributed by atoms with Gasteiger partial charge in [0.05, 0.1) is 0 Å². The van der Waals surface area contributed by atoms with Gasteiger partial charge < -0.3 is 4.84 Å². The van der Waals surface area contributed by atoms with Gasteiger partial charge in [0.1, 0.15) is 24.1 Å². The zero-order valence-electron chi connectivity index (χ0n) is 6.73. The van der Waals surface area contributed by atoms with Crippen molar-refractivity contribution in [2.24, 2.45) is 10.6 Å². The third kappa shape index (κ3) is 0.995. The van der Waals surface area contributed by atoms with Crippen LogP contribution in [0.2, 0.25) is 0 Å². The van der Waals surface area contributed by atoms with Crippen molar-refractivity contribution in [2.75, 3.05) is 6.61 Å². The van der Waals surface area contributed by atoms with Gasteiger partial charge in [0.25, 0.3) is 0 Å². The van der Waals surface area contributed by atoms with E-state index in [1.165, 1.54) is 0 Å². The van der Waals surface area contributed by atoms with Crippen LogP contribution in [0.15, 0.2) is 28.7 Å². The Hall–Kier alpha value is -1.33. The molecule has 0 saturated heterocycles. The zero-order chi connectivity index (χ0) is 10.3. The van der Waals surface area contributed by atoms with E-state index in [0.717, 1.165) is 0 Å². The molecule has 2 unspecified atom stereocenters. The van der Waals surface area contributed by atoms with Crippen molar-refractivity contribution in [3.05, 3.63) is 23.6 Å². The molecule has 1 aliphatic heterocycles. The van der Waals surface area contributed by atoms with Crippen molar-refractivity contribution in [3.8, 4) is 0 Å². The molecular weight excluding hydrogens is 202 g/mol. The predicted octanol–water partition coefficient (Wildman–Crippen LogP) is 2.22. The summed E-state index contributed by atoms with van der Waals surface area (Å²) in [6.45, 7) is -0.589. The third-order valence-electron chi connectivity index (χ3n) is 2.14. The monoisotopic (exact) mass is 206 g/mol. The van der Waals surface area contributed by atoms with Crippen LogP contribution < -0.4 is 0 Å². The number of hydrogen-bond donors (Lipinski definition) is 0. The van der Waals surface area contributed by atoms with Gasteiger partial charge in [0.2, 0.25) is 0 Å². The van der Waals surface area contributed by atoms with E-state index in [-0.39, 0.29) is 6.08 Å². The summed E-state index contributed by atoms with van der Waals surface area (Å²) in [5.41, 5.74) is -2.18. The average molecular weight is 206 g/mol. The molecule has 1 aliphatic carbocycles. The van der Waals surface area contributed by atoms with Crippen LogP contribution in [0.25, 0.3) is 0 Å². The highest BCUT2D eigenvalue weighted by atomic mass is 19.2. The smallest absolute Gasteiger partial charge is 0.173 e. The lowest BCUT2D eigenvalue weighted by molar-refractivity contribution is 0.0772. The maximum absolute atomic E-state index is 13.3. The second-order valence-electron chi connectivity index (χ2n) is 3.00. The highest BCUT2D eigenvalue weighted by Crippen LogP contribution is 2.45. The zero-order valence-corrected chi connectivity index (χ0v) is 6.73. The molecule has 2 atom stereocenters. The number of nitrogens with zero attached hydrogens (tertiary/aromatic N) is 1. The van der Waals surface area contributed by atoms with Crippen molar-refractivity contribution >= 4 is 6.21 Å². The van der Waals surface area contributed by atoms with Gasteiger partial charge in [-0.25, -0.2) is 17.6 Å². The van der Waals surface area contributed by atoms with Crippen LogP contribution in [-0.2, 0) is 4.84 Å². The molecule has 2 nitrogen and oxygen atoms in total. The van der Waals surface area contributed by atoms with E-state index < -0.39 is 35.7 Å². The standard InChI is InChI=1S/C8H4F4NO/c9-4-1-5(10)7(12)8(6(4)11)2-13-14-3-8/h1,6H,3H2. The molecule has 0 aromatic heterocycles. The summed E-state index contributed by atoms with van der Waals surface area (Å²) in [6.07, 6.45) is -0.261. The van der Waals surface area contributed by atoms with Crippen LogP contribution in [0.3, 0.4) is 0 Å². The molecule has 0 aromatic carbocycles.